The lowest BCUT2D eigenvalue weighted by Crippen LogP contribution is -2.47. The lowest BCUT2D eigenvalue weighted by molar-refractivity contribution is 0.124. The van der Waals surface area contributed by atoms with E-state index in [9.17, 15) is 0 Å². The minimum Gasteiger partial charge on any atom is -0.301 e. The molecule has 0 amide bonds. The van der Waals surface area contributed by atoms with E-state index in [2.05, 4.69) is 64.4 Å². The van der Waals surface area contributed by atoms with Gasteiger partial charge in [0.2, 0.25) is 0 Å². The summed E-state index contributed by atoms with van der Waals surface area (Å²) in [4.78, 5) is 5.23. The normalized spacial score (nSPS) is 24.1. The Labute approximate surface area is 135 Å². The van der Waals surface area contributed by atoms with Gasteiger partial charge in [-0.1, -0.05) is 54.6 Å². The second-order valence-electron chi connectivity index (χ2n) is 6.56. The van der Waals surface area contributed by atoms with Crippen LogP contribution in [-0.2, 0) is 0 Å². The van der Waals surface area contributed by atoms with Crippen LogP contribution >= 0.6 is 0 Å². The van der Waals surface area contributed by atoms with E-state index in [4.69, 9.17) is 0 Å². The molecular weight excluding hydrogens is 268 g/mol. The molecule has 0 unspecified atom stereocenters. The maximum absolute atomic E-state index is 2.67. The second kappa shape index (κ2) is 8.30. The third-order valence-corrected chi connectivity index (χ3v) is 4.83. The van der Waals surface area contributed by atoms with E-state index in [0.29, 0.717) is 0 Å². The molecule has 0 aromatic heterocycles. The Morgan fingerprint density at radius 3 is 2.45 bits per heavy atom. The van der Waals surface area contributed by atoms with Gasteiger partial charge in [0, 0.05) is 39.3 Å². The van der Waals surface area contributed by atoms with Crippen LogP contribution in [0.3, 0.4) is 0 Å². The van der Waals surface area contributed by atoms with Crippen LogP contribution in [0.25, 0.3) is 6.08 Å². The molecular formula is C20H28N2. The Bertz CT molecular complexity index is 484. The first kappa shape index (κ1) is 15.5. The molecule has 2 nitrogen and oxygen atoms in total. The van der Waals surface area contributed by atoms with Crippen molar-refractivity contribution in [1.82, 2.24) is 9.80 Å². The first-order chi connectivity index (χ1) is 10.9. The van der Waals surface area contributed by atoms with Gasteiger partial charge in [-0.05, 0) is 30.7 Å². The molecule has 0 saturated carbocycles. The van der Waals surface area contributed by atoms with Gasteiger partial charge in [0.15, 0.2) is 0 Å². The molecule has 118 valence electrons. The van der Waals surface area contributed by atoms with Crippen molar-refractivity contribution in [2.45, 2.75) is 19.3 Å². The van der Waals surface area contributed by atoms with E-state index in [1.54, 1.807) is 0 Å². The average molecular weight is 296 g/mol. The number of allylic oxidation sites excluding steroid dienone is 2. The Balaban J connectivity index is 1.36. The van der Waals surface area contributed by atoms with Crippen molar-refractivity contribution < 1.29 is 0 Å². The van der Waals surface area contributed by atoms with E-state index in [1.807, 2.05) is 0 Å². The number of rotatable bonds is 5. The van der Waals surface area contributed by atoms with Gasteiger partial charge in [-0.2, -0.15) is 0 Å². The van der Waals surface area contributed by atoms with E-state index >= 15 is 0 Å². The second-order valence-corrected chi connectivity index (χ2v) is 6.56. The zero-order valence-electron chi connectivity index (χ0n) is 13.5. The summed E-state index contributed by atoms with van der Waals surface area (Å²) in [5.74, 6) is 0.898. The van der Waals surface area contributed by atoms with Crippen LogP contribution in [0.2, 0.25) is 0 Å². The highest BCUT2D eigenvalue weighted by molar-refractivity contribution is 5.48. The molecule has 2 aliphatic rings. The van der Waals surface area contributed by atoms with Gasteiger partial charge < -0.3 is 4.90 Å². The smallest absolute Gasteiger partial charge is 0.0167 e. The summed E-state index contributed by atoms with van der Waals surface area (Å²) in [5, 5.41) is 0. The largest absolute Gasteiger partial charge is 0.301 e. The van der Waals surface area contributed by atoms with E-state index < -0.39 is 0 Å². The minimum atomic E-state index is 0.898. The first-order valence-electron chi connectivity index (χ1n) is 8.71. The minimum absolute atomic E-state index is 0.898. The maximum Gasteiger partial charge on any atom is 0.0167 e. The number of piperazine rings is 1. The molecule has 1 saturated heterocycles. The van der Waals surface area contributed by atoms with E-state index in [-0.39, 0.29) is 0 Å². The number of nitrogens with zero attached hydrogens (tertiary/aromatic N) is 2. The van der Waals surface area contributed by atoms with Crippen molar-refractivity contribution in [2.75, 3.05) is 39.3 Å². The Kier molecular flexibility index (Phi) is 5.86. The maximum atomic E-state index is 2.67. The molecule has 0 radical (unpaired) electrons. The monoisotopic (exact) mass is 296 g/mol. The zero-order chi connectivity index (χ0) is 15.0. The molecule has 0 N–H and O–H groups in total. The SMILES string of the molecule is C1=CC[C@H](CN2CCN(C/C=C/c3ccccc3)CC2)CC1. The van der Waals surface area contributed by atoms with Gasteiger partial charge in [0.05, 0.1) is 0 Å². The third kappa shape index (κ3) is 4.82. The summed E-state index contributed by atoms with van der Waals surface area (Å²) in [7, 11) is 0. The molecule has 1 fully saturated rings. The van der Waals surface area contributed by atoms with Gasteiger partial charge in [-0.3, -0.25) is 4.90 Å². The Morgan fingerprint density at radius 2 is 1.73 bits per heavy atom. The highest BCUT2D eigenvalue weighted by atomic mass is 15.3. The summed E-state index contributed by atoms with van der Waals surface area (Å²) in [6.45, 7) is 7.27. The van der Waals surface area contributed by atoms with Crippen LogP contribution in [0.4, 0.5) is 0 Å². The average Bonchev–Trinajstić information content (AvgIpc) is 2.58. The number of hydrogen-bond donors (Lipinski definition) is 0. The van der Waals surface area contributed by atoms with Crippen LogP contribution in [0.1, 0.15) is 24.8 Å². The number of benzene rings is 1. The lowest BCUT2D eigenvalue weighted by Gasteiger charge is -2.36. The molecule has 0 spiro atoms. The quantitative estimate of drug-likeness (QED) is 0.765. The summed E-state index contributed by atoms with van der Waals surface area (Å²) < 4.78 is 0. The summed E-state index contributed by atoms with van der Waals surface area (Å²) in [5.41, 5.74) is 1.30. The van der Waals surface area contributed by atoms with Gasteiger partial charge in [0.1, 0.15) is 0 Å². The predicted molar refractivity (Wildman–Crippen MR) is 94.8 cm³/mol. The fourth-order valence-electron chi connectivity index (χ4n) is 3.44. The van der Waals surface area contributed by atoms with Crippen LogP contribution in [0.5, 0.6) is 0 Å². The summed E-state index contributed by atoms with van der Waals surface area (Å²) >= 11 is 0. The van der Waals surface area contributed by atoms with Crippen molar-refractivity contribution in [1.29, 1.82) is 0 Å². The molecule has 1 heterocycles. The molecule has 3 rings (SSSR count). The predicted octanol–water partition coefficient (Wildman–Crippen LogP) is 3.67. The Hall–Kier alpha value is -1.38. The molecule has 0 bridgehead atoms. The van der Waals surface area contributed by atoms with E-state index in [1.165, 1.54) is 57.5 Å². The molecule has 1 aromatic carbocycles. The molecule has 1 aliphatic carbocycles. The highest BCUT2D eigenvalue weighted by Gasteiger charge is 2.19. The molecule has 1 aliphatic heterocycles. The van der Waals surface area contributed by atoms with Crippen LogP contribution < -0.4 is 0 Å². The van der Waals surface area contributed by atoms with Crippen molar-refractivity contribution in [3.8, 4) is 0 Å². The van der Waals surface area contributed by atoms with Crippen LogP contribution in [0, 0.1) is 5.92 Å². The van der Waals surface area contributed by atoms with Gasteiger partial charge >= 0.3 is 0 Å². The number of hydrogen-bond acceptors (Lipinski definition) is 2. The molecule has 22 heavy (non-hydrogen) atoms. The standard InChI is InChI=1S/C20H28N2/c1-3-8-19(9-4-1)12-7-13-21-14-16-22(17-15-21)18-20-10-5-2-6-11-20/h1-5,7-9,12,20H,6,10-11,13-18H2/b12-7+/t20-/m0/s1. The fraction of sp³-hybridized carbons (Fsp3) is 0.500. The molecule has 2 heteroatoms. The topological polar surface area (TPSA) is 6.48 Å². The third-order valence-electron chi connectivity index (χ3n) is 4.83. The molecule has 1 atom stereocenters. The van der Waals surface area contributed by atoms with Crippen LogP contribution in [0.15, 0.2) is 48.6 Å². The zero-order valence-corrected chi connectivity index (χ0v) is 13.5. The summed E-state index contributed by atoms with van der Waals surface area (Å²) in [6, 6.07) is 10.6. The van der Waals surface area contributed by atoms with Gasteiger partial charge in [0.25, 0.3) is 0 Å². The molecule has 1 aromatic rings. The van der Waals surface area contributed by atoms with Crippen molar-refractivity contribution in [3.05, 3.63) is 54.1 Å². The summed E-state index contributed by atoms with van der Waals surface area (Å²) in [6.07, 6.45) is 13.2. The first-order valence-corrected chi connectivity index (χ1v) is 8.71. The van der Waals surface area contributed by atoms with Crippen LogP contribution in [-0.4, -0.2) is 49.1 Å². The Morgan fingerprint density at radius 1 is 0.955 bits per heavy atom. The van der Waals surface area contributed by atoms with Crippen molar-refractivity contribution in [2.24, 2.45) is 5.92 Å². The fourth-order valence-corrected chi connectivity index (χ4v) is 3.44. The highest BCUT2D eigenvalue weighted by Crippen LogP contribution is 2.19. The van der Waals surface area contributed by atoms with Gasteiger partial charge in [-0.25, -0.2) is 0 Å². The van der Waals surface area contributed by atoms with Crippen molar-refractivity contribution in [3.63, 3.8) is 0 Å². The van der Waals surface area contributed by atoms with Gasteiger partial charge in [-0.15, -0.1) is 0 Å². The lowest BCUT2D eigenvalue weighted by atomic mass is 9.94. The van der Waals surface area contributed by atoms with Crippen molar-refractivity contribution >= 4 is 6.08 Å². The van der Waals surface area contributed by atoms with E-state index in [0.717, 1.165) is 12.5 Å².